The number of carbonyl (C=O) groups is 2. The number of aromatic nitrogens is 1. The van der Waals surface area contributed by atoms with Crippen LogP contribution in [0.25, 0.3) is 10.6 Å². The van der Waals surface area contributed by atoms with Gasteiger partial charge in [0.05, 0.1) is 18.0 Å². The van der Waals surface area contributed by atoms with Gasteiger partial charge in [-0.15, -0.1) is 11.3 Å². The molecule has 0 bridgehead atoms. The first-order valence-corrected chi connectivity index (χ1v) is 8.29. The molecule has 1 atom stereocenters. The van der Waals surface area contributed by atoms with Crippen LogP contribution in [0.1, 0.15) is 12.6 Å². The Kier molecular flexibility index (Phi) is 5.74. The van der Waals surface area contributed by atoms with E-state index in [0.717, 1.165) is 10.6 Å². The zero-order valence-corrected chi connectivity index (χ0v) is 14.4. The zero-order chi connectivity index (χ0) is 17.0. The molecule has 0 spiro atoms. The summed E-state index contributed by atoms with van der Waals surface area (Å²) in [5, 5.41) is 12.2. The molecule has 1 N–H and O–H groups in total. The van der Waals surface area contributed by atoms with E-state index in [-0.39, 0.29) is 18.9 Å². The lowest BCUT2D eigenvalue weighted by Gasteiger charge is -2.18. The standard InChI is InChI=1S/C16H17ClN2O3S/c1-10(16(21)22)8-19(2)14(20)7-13-9-23-15(18-13)11-3-5-12(17)6-4-11/h3-6,9-10H,7-8H2,1-2H3,(H,21,22). The van der Waals surface area contributed by atoms with Crippen LogP contribution < -0.4 is 0 Å². The fourth-order valence-corrected chi connectivity index (χ4v) is 2.95. The summed E-state index contributed by atoms with van der Waals surface area (Å²) in [6, 6.07) is 7.36. The first-order valence-electron chi connectivity index (χ1n) is 7.04. The minimum atomic E-state index is -0.914. The Morgan fingerprint density at radius 1 is 1.35 bits per heavy atom. The van der Waals surface area contributed by atoms with Crippen LogP contribution in [0.5, 0.6) is 0 Å². The van der Waals surface area contributed by atoms with Gasteiger partial charge in [0.2, 0.25) is 5.91 Å². The van der Waals surface area contributed by atoms with E-state index in [4.69, 9.17) is 16.7 Å². The molecule has 1 heterocycles. The number of hydrogen-bond acceptors (Lipinski definition) is 4. The van der Waals surface area contributed by atoms with Crippen LogP contribution in [0.15, 0.2) is 29.6 Å². The first kappa shape index (κ1) is 17.4. The van der Waals surface area contributed by atoms with E-state index < -0.39 is 11.9 Å². The number of carboxylic acids is 1. The fourth-order valence-electron chi connectivity index (χ4n) is 1.99. The molecule has 0 aliphatic carbocycles. The van der Waals surface area contributed by atoms with Crippen molar-refractivity contribution in [1.82, 2.24) is 9.88 Å². The van der Waals surface area contributed by atoms with E-state index in [2.05, 4.69) is 4.98 Å². The van der Waals surface area contributed by atoms with Crippen LogP contribution in [0.4, 0.5) is 0 Å². The van der Waals surface area contributed by atoms with Gasteiger partial charge in [-0.25, -0.2) is 4.98 Å². The molecular formula is C16H17ClN2O3S. The number of halogens is 1. The third-order valence-electron chi connectivity index (χ3n) is 3.37. The molecule has 122 valence electrons. The van der Waals surface area contributed by atoms with Gasteiger partial charge in [0.25, 0.3) is 0 Å². The van der Waals surface area contributed by atoms with Crippen molar-refractivity contribution in [2.24, 2.45) is 5.92 Å². The predicted octanol–water partition coefficient (Wildman–Crippen LogP) is 3.19. The lowest BCUT2D eigenvalue weighted by molar-refractivity contribution is -0.142. The first-order chi connectivity index (χ1) is 10.9. The third-order valence-corrected chi connectivity index (χ3v) is 4.56. The molecule has 7 heteroatoms. The van der Waals surface area contributed by atoms with Crippen molar-refractivity contribution in [1.29, 1.82) is 0 Å². The van der Waals surface area contributed by atoms with Crippen LogP contribution in [0.3, 0.4) is 0 Å². The van der Waals surface area contributed by atoms with Crippen molar-refractivity contribution in [2.75, 3.05) is 13.6 Å². The van der Waals surface area contributed by atoms with Gasteiger partial charge in [-0.05, 0) is 12.1 Å². The number of carboxylic acid groups (broad SMARTS) is 1. The second-order valence-electron chi connectivity index (χ2n) is 5.34. The number of benzene rings is 1. The molecule has 0 aliphatic heterocycles. The monoisotopic (exact) mass is 352 g/mol. The quantitative estimate of drug-likeness (QED) is 0.866. The average molecular weight is 353 g/mol. The van der Waals surface area contributed by atoms with Crippen LogP contribution in [-0.4, -0.2) is 40.5 Å². The minimum absolute atomic E-state index is 0.147. The topological polar surface area (TPSA) is 70.5 Å². The molecule has 23 heavy (non-hydrogen) atoms. The molecule has 1 amide bonds. The van der Waals surface area contributed by atoms with Crippen molar-refractivity contribution in [3.63, 3.8) is 0 Å². The van der Waals surface area contributed by atoms with Gasteiger partial charge >= 0.3 is 5.97 Å². The van der Waals surface area contributed by atoms with Gasteiger partial charge in [0, 0.05) is 29.6 Å². The van der Waals surface area contributed by atoms with E-state index in [9.17, 15) is 9.59 Å². The summed E-state index contributed by atoms with van der Waals surface area (Å²) in [5.74, 6) is -1.65. The van der Waals surface area contributed by atoms with E-state index in [1.165, 1.54) is 16.2 Å². The third kappa shape index (κ3) is 4.77. The Bertz CT molecular complexity index is 700. The van der Waals surface area contributed by atoms with Gasteiger partial charge in [-0.2, -0.15) is 0 Å². The summed E-state index contributed by atoms with van der Waals surface area (Å²) in [6.45, 7) is 1.76. The molecule has 0 radical (unpaired) electrons. The second-order valence-corrected chi connectivity index (χ2v) is 6.64. The highest BCUT2D eigenvalue weighted by atomic mass is 35.5. The lowest BCUT2D eigenvalue weighted by atomic mass is 10.1. The summed E-state index contributed by atoms with van der Waals surface area (Å²) in [6.07, 6.45) is 0.160. The number of amides is 1. The number of thiazole rings is 1. The van der Waals surface area contributed by atoms with E-state index >= 15 is 0 Å². The van der Waals surface area contributed by atoms with Gasteiger partial charge in [0.1, 0.15) is 5.01 Å². The van der Waals surface area contributed by atoms with Gasteiger partial charge < -0.3 is 10.0 Å². The van der Waals surface area contributed by atoms with Crippen molar-refractivity contribution in [3.05, 3.63) is 40.4 Å². The number of nitrogens with zero attached hydrogens (tertiary/aromatic N) is 2. The Morgan fingerprint density at radius 3 is 2.61 bits per heavy atom. The Labute approximate surface area is 143 Å². The maximum absolute atomic E-state index is 12.1. The van der Waals surface area contributed by atoms with Crippen LogP contribution in [-0.2, 0) is 16.0 Å². The molecule has 1 unspecified atom stereocenters. The Morgan fingerprint density at radius 2 is 2.00 bits per heavy atom. The number of likely N-dealkylation sites (N-methyl/N-ethyl adjacent to an activating group) is 1. The summed E-state index contributed by atoms with van der Waals surface area (Å²) in [7, 11) is 1.61. The summed E-state index contributed by atoms with van der Waals surface area (Å²) in [5.41, 5.74) is 1.63. The average Bonchev–Trinajstić information content (AvgIpc) is 2.96. The Balaban J connectivity index is 1.99. The number of carbonyl (C=O) groups excluding carboxylic acids is 1. The predicted molar refractivity (Wildman–Crippen MR) is 90.7 cm³/mol. The molecule has 1 aromatic carbocycles. The highest BCUT2D eigenvalue weighted by Crippen LogP contribution is 2.25. The van der Waals surface area contributed by atoms with E-state index in [0.29, 0.717) is 10.7 Å². The Hall–Kier alpha value is -1.92. The smallest absolute Gasteiger partial charge is 0.308 e. The van der Waals surface area contributed by atoms with Gasteiger partial charge in [-0.1, -0.05) is 30.7 Å². The number of hydrogen-bond donors (Lipinski definition) is 1. The number of aliphatic carboxylic acids is 1. The largest absolute Gasteiger partial charge is 0.481 e. The normalized spacial score (nSPS) is 12.0. The van der Waals surface area contributed by atoms with Crippen LogP contribution in [0, 0.1) is 5.92 Å². The summed E-state index contributed by atoms with van der Waals surface area (Å²) < 4.78 is 0. The van der Waals surface area contributed by atoms with Crippen LogP contribution in [0.2, 0.25) is 5.02 Å². The molecule has 5 nitrogen and oxygen atoms in total. The number of rotatable bonds is 6. The van der Waals surface area contributed by atoms with Crippen molar-refractivity contribution in [3.8, 4) is 10.6 Å². The molecule has 2 aromatic rings. The highest BCUT2D eigenvalue weighted by Gasteiger charge is 2.18. The molecule has 2 rings (SSSR count). The highest BCUT2D eigenvalue weighted by molar-refractivity contribution is 7.13. The van der Waals surface area contributed by atoms with Crippen molar-refractivity contribution < 1.29 is 14.7 Å². The summed E-state index contributed by atoms with van der Waals surface area (Å²) in [4.78, 5) is 28.9. The molecule has 0 saturated heterocycles. The zero-order valence-electron chi connectivity index (χ0n) is 12.8. The molecule has 0 fully saturated rings. The molecule has 0 aliphatic rings. The maximum atomic E-state index is 12.1. The maximum Gasteiger partial charge on any atom is 0.308 e. The lowest BCUT2D eigenvalue weighted by Crippen LogP contribution is -2.34. The van der Waals surface area contributed by atoms with Crippen molar-refractivity contribution in [2.45, 2.75) is 13.3 Å². The molecule has 1 aromatic heterocycles. The van der Waals surface area contributed by atoms with Gasteiger partial charge in [0.15, 0.2) is 0 Å². The molecule has 0 saturated carbocycles. The second kappa shape index (κ2) is 7.57. The van der Waals surface area contributed by atoms with Crippen LogP contribution >= 0.6 is 22.9 Å². The SMILES string of the molecule is CC(CN(C)C(=O)Cc1csc(-c2ccc(Cl)cc2)n1)C(=O)O. The minimum Gasteiger partial charge on any atom is -0.481 e. The van der Waals surface area contributed by atoms with E-state index in [1.54, 1.807) is 26.1 Å². The van der Waals surface area contributed by atoms with Crippen molar-refractivity contribution >= 4 is 34.8 Å². The van der Waals surface area contributed by atoms with E-state index in [1.807, 2.05) is 17.5 Å². The fraction of sp³-hybridized carbons (Fsp3) is 0.312. The molecular weight excluding hydrogens is 336 g/mol. The van der Waals surface area contributed by atoms with Gasteiger partial charge in [-0.3, -0.25) is 9.59 Å². The summed E-state index contributed by atoms with van der Waals surface area (Å²) >= 11 is 7.32.